The first-order valence-corrected chi connectivity index (χ1v) is 8.18. The van der Waals surface area contributed by atoms with Gasteiger partial charge in [0.15, 0.2) is 0 Å². The van der Waals surface area contributed by atoms with Gasteiger partial charge in [-0.15, -0.1) is 0 Å². The highest BCUT2D eigenvalue weighted by molar-refractivity contribution is 5.02. The van der Waals surface area contributed by atoms with E-state index in [4.69, 9.17) is 0 Å². The number of hydrogen-bond donors (Lipinski definition) is 2. The minimum Gasteiger partial charge on any atom is -0.389 e. The number of rotatable bonds is 3. The van der Waals surface area contributed by atoms with E-state index in [0.717, 1.165) is 49.1 Å². The van der Waals surface area contributed by atoms with Gasteiger partial charge in [-0.2, -0.15) is 0 Å². The molecule has 18 heavy (non-hydrogen) atoms. The van der Waals surface area contributed by atoms with Crippen molar-refractivity contribution in [2.75, 3.05) is 6.54 Å². The zero-order valence-corrected chi connectivity index (χ0v) is 11.4. The maximum atomic E-state index is 10.5. The third-order valence-electron chi connectivity index (χ3n) is 6.43. The zero-order chi connectivity index (χ0) is 12.2. The van der Waals surface area contributed by atoms with Crippen molar-refractivity contribution in [3.05, 3.63) is 0 Å². The molecule has 0 saturated heterocycles. The van der Waals surface area contributed by atoms with Gasteiger partial charge in [0.2, 0.25) is 0 Å². The Morgan fingerprint density at radius 3 is 2.00 bits per heavy atom. The van der Waals surface area contributed by atoms with Crippen LogP contribution < -0.4 is 5.32 Å². The van der Waals surface area contributed by atoms with Gasteiger partial charge in [-0.1, -0.05) is 12.8 Å². The van der Waals surface area contributed by atoms with Crippen molar-refractivity contribution < 1.29 is 5.11 Å². The van der Waals surface area contributed by atoms with Gasteiger partial charge in [0.1, 0.15) is 0 Å². The van der Waals surface area contributed by atoms with E-state index < -0.39 is 0 Å². The molecule has 0 spiro atoms. The molecule has 0 aliphatic heterocycles. The smallest absolute Gasteiger partial charge is 0.0771 e. The van der Waals surface area contributed by atoms with Crippen molar-refractivity contribution in [2.24, 2.45) is 23.7 Å². The highest BCUT2D eigenvalue weighted by Gasteiger charge is 2.48. The van der Waals surface area contributed by atoms with Crippen molar-refractivity contribution >= 4 is 0 Å². The molecule has 0 aromatic heterocycles. The summed E-state index contributed by atoms with van der Waals surface area (Å²) in [6, 6.07) is 0.738. The number of hydrogen-bond acceptors (Lipinski definition) is 2. The Balaban J connectivity index is 1.40. The molecule has 5 rings (SSSR count). The van der Waals surface area contributed by atoms with E-state index in [2.05, 4.69) is 5.32 Å². The van der Waals surface area contributed by atoms with Crippen molar-refractivity contribution in [1.82, 2.24) is 5.32 Å². The van der Waals surface area contributed by atoms with E-state index in [1.54, 1.807) is 0 Å². The van der Waals surface area contributed by atoms with E-state index in [9.17, 15) is 5.11 Å². The summed E-state index contributed by atoms with van der Waals surface area (Å²) < 4.78 is 0. The zero-order valence-electron chi connectivity index (χ0n) is 11.4. The van der Waals surface area contributed by atoms with Crippen LogP contribution in [0.2, 0.25) is 0 Å². The van der Waals surface area contributed by atoms with Crippen LogP contribution in [0.3, 0.4) is 0 Å². The molecule has 2 N–H and O–H groups in total. The maximum Gasteiger partial charge on any atom is 0.0771 e. The van der Waals surface area contributed by atoms with Crippen LogP contribution >= 0.6 is 0 Å². The highest BCUT2D eigenvalue weighted by Crippen LogP contribution is 2.53. The highest BCUT2D eigenvalue weighted by atomic mass is 16.3. The van der Waals surface area contributed by atoms with Gasteiger partial charge in [-0.3, -0.25) is 0 Å². The first-order valence-electron chi connectivity index (χ1n) is 8.18. The summed E-state index contributed by atoms with van der Waals surface area (Å²) in [7, 11) is 0. The number of aliphatic hydroxyl groups is 1. The normalized spacial score (nSPS) is 48.8. The monoisotopic (exact) mass is 249 g/mol. The quantitative estimate of drug-likeness (QED) is 0.806. The summed E-state index contributed by atoms with van der Waals surface area (Å²) >= 11 is 0. The van der Waals surface area contributed by atoms with Crippen LogP contribution in [0.4, 0.5) is 0 Å². The molecule has 0 heterocycles. The van der Waals surface area contributed by atoms with E-state index in [0.29, 0.717) is 0 Å². The van der Waals surface area contributed by atoms with Crippen LogP contribution in [0.15, 0.2) is 0 Å². The van der Waals surface area contributed by atoms with Crippen LogP contribution in [-0.2, 0) is 0 Å². The predicted octanol–water partition coefficient (Wildman–Crippen LogP) is 2.71. The van der Waals surface area contributed by atoms with Crippen LogP contribution in [0.5, 0.6) is 0 Å². The fraction of sp³-hybridized carbons (Fsp3) is 1.00. The minimum absolute atomic E-state index is 0.366. The molecule has 0 amide bonds. The summed E-state index contributed by atoms with van der Waals surface area (Å²) in [5.74, 6) is 3.98. The molecule has 0 aromatic rings. The standard InChI is InChI=1S/C16H27NO/c18-16(3-1-2-4-16)10-17-15-13-6-11-5-12(8-13)9-14(15)7-11/h11-15,17-18H,1-10H2. The molecule has 4 bridgehead atoms. The SMILES string of the molecule is OC1(CNC2C3CC4CC(C3)CC2C4)CCCC1. The third kappa shape index (κ3) is 1.92. The molecule has 102 valence electrons. The first kappa shape index (κ1) is 11.7. The molecule has 0 radical (unpaired) electrons. The lowest BCUT2D eigenvalue weighted by atomic mass is 9.54. The second-order valence-electron chi connectivity index (χ2n) is 7.77. The third-order valence-corrected chi connectivity index (χ3v) is 6.43. The predicted molar refractivity (Wildman–Crippen MR) is 72.3 cm³/mol. The molecule has 5 aliphatic carbocycles. The van der Waals surface area contributed by atoms with Gasteiger partial charge >= 0.3 is 0 Å². The Morgan fingerprint density at radius 1 is 0.889 bits per heavy atom. The lowest BCUT2D eigenvalue weighted by Crippen LogP contribution is -2.56. The van der Waals surface area contributed by atoms with E-state index >= 15 is 0 Å². The molecule has 5 saturated carbocycles. The van der Waals surface area contributed by atoms with E-state index in [1.165, 1.54) is 44.9 Å². The molecule has 0 unspecified atom stereocenters. The Hall–Kier alpha value is -0.0800. The molecular weight excluding hydrogens is 222 g/mol. The van der Waals surface area contributed by atoms with Crippen molar-refractivity contribution in [3.63, 3.8) is 0 Å². The summed E-state index contributed by atoms with van der Waals surface area (Å²) in [5, 5.41) is 14.3. The Labute approximate surface area is 111 Å². The molecule has 5 aliphatic rings. The molecule has 2 nitrogen and oxygen atoms in total. The lowest BCUT2D eigenvalue weighted by molar-refractivity contribution is -0.0271. The molecule has 5 fully saturated rings. The van der Waals surface area contributed by atoms with Crippen molar-refractivity contribution in [1.29, 1.82) is 0 Å². The summed E-state index contributed by atoms with van der Waals surface area (Å²) in [6.07, 6.45) is 11.9. The summed E-state index contributed by atoms with van der Waals surface area (Å²) in [6.45, 7) is 0.861. The Bertz CT molecular complexity index is 293. The van der Waals surface area contributed by atoms with Gasteiger partial charge in [0, 0.05) is 12.6 Å². The Morgan fingerprint density at radius 2 is 1.44 bits per heavy atom. The lowest BCUT2D eigenvalue weighted by Gasteiger charge is -2.55. The maximum absolute atomic E-state index is 10.5. The second-order valence-corrected chi connectivity index (χ2v) is 7.77. The fourth-order valence-corrected chi connectivity index (χ4v) is 5.78. The fourth-order valence-electron chi connectivity index (χ4n) is 5.78. The van der Waals surface area contributed by atoms with Gasteiger partial charge in [-0.05, 0) is 68.6 Å². The van der Waals surface area contributed by atoms with Crippen molar-refractivity contribution in [3.8, 4) is 0 Å². The van der Waals surface area contributed by atoms with E-state index in [1.807, 2.05) is 0 Å². The van der Waals surface area contributed by atoms with Gasteiger partial charge < -0.3 is 10.4 Å². The van der Waals surface area contributed by atoms with Crippen LogP contribution in [0.25, 0.3) is 0 Å². The largest absolute Gasteiger partial charge is 0.389 e. The van der Waals surface area contributed by atoms with Crippen molar-refractivity contribution in [2.45, 2.75) is 69.4 Å². The first-order chi connectivity index (χ1) is 8.72. The van der Waals surface area contributed by atoms with E-state index in [-0.39, 0.29) is 5.60 Å². The molecule has 0 aromatic carbocycles. The topological polar surface area (TPSA) is 32.3 Å². The summed E-state index contributed by atoms with van der Waals surface area (Å²) in [5.41, 5.74) is -0.366. The molecular formula is C16H27NO. The van der Waals surface area contributed by atoms with Gasteiger partial charge in [-0.25, -0.2) is 0 Å². The molecule has 0 atom stereocenters. The summed E-state index contributed by atoms with van der Waals surface area (Å²) in [4.78, 5) is 0. The molecule has 2 heteroatoms. The average molecular weight is 249 g/mol. The van der Waals surface area contributed by atoms with Crippen LogP contribution in [-0.4, -0.2) is 23.3 Å². The Kier molecular flexibility index (Phi) is 2.74. The van der Waals surface area contributed by atoms with Gasteiger partial charge in [0.05, 0.1) is 5.60 Å². The second kappa shape index (κ2) is 4.21. The average Bonchev–Trinajstić information content (AvgIpc) is 2.75. The van der Waals surface area contributed by atoms with Crippen LogP contribution in [0, 0.1) is 23.7 Å². The van der Waals surface area contributed by atoms with Gasteiger partial charge in [0.25, 0.3) is 0 Å². The number of nitrogens with one attached hydrogen (secondary N) is 1. The minimum atomic E-state index is -0.366. The van der Waals surface area contributed by atoms with Crippen LogP contribution in [0.1, 0.15) is 57.8 Å².